The van der Waals surface area contributed by atoms with Gasteiger partial charge in [0.1, 0.15) is 5.41 Å². The molecule has 2 aromatic rings. The van der Waals surface area contributed by atoms with Crippen molar-refractivity contribution in [3.8, 4) is 0 Å². The average molecular weight is 312 g/mol. The van der Waals surface area contributed by atoms with E-state index in [1.165, 1.54) is 0 Å². The van der Waals surface area contributed by atoms with Crippen LogP contribution in [0.1, 0.15) is 22.3 Å². The molecule has 1 aliphatic carbocycles. The summed E-state index contributed by atoms with van der Waals surface area (Å²) in [6, 6.07) is 14.8. The van der Waals surface area contributed by atoms with Gasteiger partial charge in [0.05, 0.1) is 0 Å². The summed E-state index contributed by atoms with van der Waals surface area (Å²) in [4.78, 5) is 27.5. The smallest absolute Gasteiger partial charge is 0.241 e. The van der Waals surface area contributed by atoms with Crippen molar-refractivity contribution in [2.75, 3.05) is 11.4 Å². The first-order valence-corrected chi connectivity index (χ1v) is 7.70. The maximum Gasteiger partial charge on any atom is 0.241 e. The molecule has 1 atom stereocenters. The van der Waals surface area contributed by atoms with Gasteiger partial charge in [0, 0.05) is 22.8 Å². The predicted octanol–water partition coefficient (Wildman–Crippen LogP) is 3.50. The third kappa shape index (κ3) is 1.75. The lowest BCUT2D eigenvalue weighted by molar-refractivity contribution is -0.123. The first-order chi connectivity index (χ1) is 10.6. The summed E-state index contributed by atoms with van der Waals surface area (Å²) in [5.74, 6) is -0.140. The molecule has 0 bridgehead atoms. The number of hydrogen-bond donors (Lipinski definition) is 0. The zero-order chi connectivity index (χ0) is 15.3. The van der Waals surface area contributed by atoms with Crippen molar-refractivity contribution in [3.05, 3.63) is 64.7 Å². The van der Waals surface area contributed by atoms with Crippen LogP contribution in [0.5, 0.6) is 0 Å². The Bertz CT molecular complexity index is 787. The Morgan fingerprint density at radius 1 is 1.05 bits per heavy atom. The minimum Gasteiger partial charge on any atom is -0.311 e. The highest BCUT2D eigenvalue weighted by Gasteiger charge is 2.56. The van der Waals surface area contributed by atoms with E-state index in [-0.39, 0.29) is 11.7 Å². The van der Waals surface area contributed by atoms with Gasteiger partial charge in [-0.25, -0.2) is 0 Å². The quantitative estimate of drug-likeness (QED) is 0.756. The summed E-state index contributed by atoms with van der Waals surface area (Å²) in [6.07, 6.45) is 1.02. The number of hydrogen-bond acceptors (Lipinski definition) is 2. The molecule has 0 N–H and O–H groups in total. The molecule has 4 heteroatoms. The fourth-order valence-electron chi connectivity index (χ4n) is 3.59. The van der Waals surface area contributed by atoms with Crippen LogP contribution in [0.15, 0.2) is 48.5 Å². The third-order valence-corrected chi connectivity index (χ3v) is 4.96. The largest absolute Gasteiger partial charge is 0.311 e. The number of carbonyl (C=O) groups is 2. The van der Waals surface area contributed by atoms with Gasteiger partial charge in [0.2, 0.25) is 5.91 Å². The summed E-state index contributed by atoms with van der Waals surface area (Å²) in [7, 11) is 0. The Morgan fingerprint density at radius 2 is 1.82 bits per heavy atom. The van der Waals surface area contributed by atoms with E-state index in [0.29, 0.717) is 30.0 Å². The molecule has 22 heavy (non-hydrogen) atoms. The van der Waals surface area contributed by atoms with Gasteiger partial charge in [0.25, 0.3) is 0 Å². The van der Waals surface area contributed by atoms with E-state index in [1.54, 1.807) is 17.0 Å². The zero-order valence-corrected chi connectivity index (χ0v) is 12.6. The standard InChI is InChI=1S/C18H14ClNO2/c19-13-6-7-15-12(10-13)11-18(16(15)21)8-9-20(17(18)22)14-4-2-1-3-5-14/h1-7,10H,8-9,11H2. The molecular weight excluding hydrogens is 298 g/mol. The second kappa shape index (κ2) is 4.68. The van der Waals surface area contributed by atoms with Gasteiger partial charge in [-0.1, -0.05) is 29.8 Å². The average Bonchev–Trinajstić information content (AvgIpc) is 3.00. The van der Waals surface area contributed by atoms with Crippen molar-refractivity contribution in [1.82, 2.24) is 0 Å². The van der Waals surface area contributed by atoms with Gasteiger partial charge in [-0.05, 0) is 48.7 Å². The molecule has 1 heterocycles. The second-order valence-corrected chi connectivity index (χ2v) is 6.37. The minimum absolute atomic E-state index is 0.0532. The lowest BCUT2D eigenvalue weighted by Gasteiger charge is -2.21. The van der Waals surface area contributed by atoms with E-state index in [0.717, 1.165) is 11.3 Å². The number of anilines is 1. The highest BCUT2D eigenvalue weighted by Crippen LogP contribution is 2.46. The van der Waals surface area contributed by atoms with E-state index in [1.807, 2.05) is 36.4 Å². The van der Waals surface area contributed by atoms with Gasteiger partial charge in [-0.3, -0.25) is 9.59 Å². The molecule has 3 nitrogen and oxygen atoms in total. The number of carbonyl (C=O) groups excluding carboxylic acids is 2. The number of amides is 1. The second-order valence-electron chi connectivity index (χ2n) is 5.93. The number of Topliss-reactive ketones (excluding diaryl/α,β-unsaturated/α-hetero) is 1. The molecule has 1 saturated heterocycles. The highest BCUT2D eigenvalue weighted by molar-refractivity contribution is 6.31. The molecule has 1 fully saturated rings. The van der Waals surface area contributed by atoms with Crippen LogP contribution >= 0.6 is 11.6 Å². The van der Waals surface area contributed by atoms with Crippen molar-refractivity contribution in [3.63, 3.8) is 0 Å². The molecule has 1 aliphatic heterocycles. The van der Waals surface area contributed by atoms with Gasteiger partial charge in [-0.15, -0.1) is 0 Å². The molecule has 1 unspecified atom stereocenters. The Kier molecular flexibility index (Phi) is 2.88. The number of halogens is 1. The fraction of sp³-hybridized carbons (Fsp3) is 0.222. The number of rotatable bonds is 1. The molecule has 1 amide bonds. The van der Waals surface area contributed by atoms with E-state index < -0.39 is 5.41 Å². The monoisotopic (exact) mass is 311 g/mol. The molecular formula is C18H14ClNO2. The Hall–Kier alpha value is -2.13. The summed E-state index contributed by atoms with van der Waals surface area (Å²) in [5, 5.41) is 0.606. The molecule has 1 spiro atoms. The number of fused-ring (bicyclic) bond motifs is 1. The summed E-state index contributed by atoms with van der Waals surface area (Å²) in [5.41, 5.74) is 1.46. The summed E-state index contributed by atoms with van der Waals surface area (Å²) < 4.78 is 0. The normalized spacial score (nSPS) is 23.4. The van der Waals surface area contributed by atoms with E-state index in [4.69, 9.17) is 11.6 Å². The first kappa shape index (κ1) is 13.5. The summed E-state index contributed by atoms with van der Waals surface area (Å²) in [6.45, 7) is 0.580. The lowest BCUT2D eigenvalue weighted by atomic mass is 9.82. The molecule has 0 aromatic heterocycles. The Balaban J connectivity index is 1.73. The maximum absolute atomic E-state index is 13.0. The van der Waals surface area contributed by atoms with Gasteiger partial charge < -0.3 is 4.90 Å². The Morgan fingerprint density at radius 3 is 2.59 bits per heavy atom. The first-order valence-electron chi connectivity index (χ1n) is 7.32. The van der Waals surface area contributed by atoms with Gasteiger partial charge in [0.15, 0.2) is 5.78 Å². The van der Waals surface area contributed by atoms with Gasteiger partial charge in [-0.2, -0.15) is 0 Å². The molecule has 0 saturated carbocycles. The van der Waals surface area contributed by atoms with Crippen LogP contribution in [0.4, 0.5) is 5.69 Å². The number of nitrogens with zero attached hydrogens (tertiary/aromatic N) is 1. The van der Waals surface area contributed by atoms with Crippen LogP contribution in [0, 0.1) is 5.41 Å². The maximum atomic E-state index is 13.0. The highest BCUT2D eigenvalue weighted by atomic mass is 35.5. The van der Waals surface area contributed by atoms with Crippen LogP contribution < -0.4 is 4.90 Å². The number of para-hydroxylation sites is 1. The SMILES string of the molecule is O=C1c2ccc(Cl)cc2CC12CCN(c1ccccc1)C2=O. The topological polar surface area (TPSA) is 37.4 Å². The van der Waals surface area contributed by atoms with Crippen molar-refractivity contribution in [2.45, 2.75) is 12.8 Å². The van der Waals surface area contributed by atoms with Gasteiger partial charge >= 0.3 is 0 Å². The third-order valence-electron chi connectivity index (χ3n) is 4.72. The van der Waals surface area contributed by atoms with Crippen LogP contribution in [-0.4, -0.2) is 18.2 Å². The van der Waals surface area contributed by atoms with Crippen LogP contribution in [-0.2, 0) is 11.2 Å². The van der Waals surface area contributed by atoms with E-state index in [9.17, 15) is 9.59 Å². The van der Waals surface area contributed by atoms with Crippen molar-refractivity contribution in [2.24, 2.45) is 5.41 Å². The van der Waals surface area contributed by atoms with Crippen molar-refractivity contribution in [1.29, 1.82) is 0 Å². The van der Waals surface area contributed by atoms with Crippen LogP contribution in [0.2, 0.25) is 5.02 Å². The Labute approximate surface area is 133 Å². The predicted molar refractivity (Wildman–Crippen MR) is 85.3 cm³/mol. The summed E-state index contributed by atoms with van der Waals surface area (Å²) >= 11 is 6.02. The fourth-order valence-corrected chi connectivity index (χ4v) is 3.79. The molecule has 2 aliphatic rings. The van der Waals surface area contributed by atoms with Crippen molar-refractivity contribution >= 4 is 29.0 Å². The molecule has 110 valence electrons. The van der Waals surface area contributed by atoms with Crippen LogP contribution in [0.3, 0.4) is 0 Å². The minimum atomic E-state index is -0.928. The lowest BCUT2D eigenvalue weighted by Crippen LogP contribution is -2.38. The van der Waals surface area contributed by atoms with E-state index >= 15 is 0 Å². The van der Waals surface area contributed by atoms with Crippen molar-refractivity contribution < 1.29 is 9.59 Å². The van der Waals surface area contributed by atoms with Crippen LogP contribution in [0.25, 0.3) is 0 Å². The number of ketones is 1. The zero-order valence-electron chi connectivity index (χ0n) is 11.9. The molecule has 0 radical (unpaired) electrons. The molecule has 4 rings (SSSR count). The number of benzene rings is 2. The molecule has 2 aromatic carbocycles. The van der Waals surface area contributed by atoms with E-state index in [2.05, 4.69) is 0 Å².